The van der Waals surface area contributed by atoms with Crippen LogP contribution in [0.1, 0.15) is 36.7 Å². The number of hydrogen-bond donors (Lipinski definition) is 1. The molecular formula is C26H31N5O2. The fourth-order valence-corrected chi connectivity index (χ4v) is 4.40. The first-order chi connectivity index (χ1) is 16.0. The summed E-state index contributed by atoms with van der Waals surface area (Å²) in [6.45, 7) is 8.07. The number of nitrogens with one attached hydrogen (secondary N) is 1. The molecule has 0 saturated carbocycles. The number of amides is 2. The van der Waals surface area contributed by atoms with Crippen LogP contribution in [-0.2, 0) is 16.1 Å². The molecule has 7 nitrogen and oxygen atoms in total. The molecule has 0 atom stereocenters. The first kappa shape index (κ1) is 22.6. The summed E-state index contributed by atoms with van der Waals surface area (Å²) in [4.78, 5) is 27.2. The van der Waals surface area contributed by atoms with Crippen LogP contribution in [-0.4, -0.2) is 44.2 Å². The molecule has 1 aliphatic rings. The van der Waals surface area contributed by atoms with Crippen LogP contribution >= 0.6 is 0 Å². The van der Waals surface area contributed by atoms with E-state index in [1.54, 1.807) is 17.0 Å². The van der Waals surface area contributed by atoms with Crippen LogP contribution in [0.5, 0.6) is 0 Å². The summed E-state index contributed by atoms with van der Waals surface area (Å²) in [5, 5.41) is 7.13. The van der Waals surface area contributed by atoms with E-state index in [0.717, 1.165) is 34.9 Å². The number of carbonyl (C=O) groups excluding carboxylic acids is 2. The topological polar surface area (TPSA) is 72.2 Å². The van der Waals surface area contributed by atoms with Crippen molar-refractivity contribution in [2.75, 3.05) is 18.4 Å². The SMILES string of the molecule is CCn1cc(NC(=O)C2CCN(C(=O)C=Cc3cc(C)n(-c4ccccc4)c3C)CC2)cn1. The van der Waals surface area contributed by atoms with E-state index in [1.165, 1.54) is 0 Å². The van der Waals surface area contributed by atoms with Crippen molar-refractivity contribution in [1.29, 1.82) is 0 Å². The van der Waals surface area contributed by atoms with Gasteiger partial charge >= 0.3 is 0 Å². The number of aryl methyl sites for hydroxylation is 2. The highest BCUT2D eigenvalue weighted by atomic mass is 16.2. The molecule has 1 aromatic carbocycles. The number of benzene rings is 1. The second-order valence-corrected chi connectivity index (χ2v) is 8.50. The molecule has 3 heterocycles. The molecule has 0 spiro atoms. The maximum Gasteiger partial charge on any atom is 0.246 e. The van der Waals surface area contributed by atoms with Crippen molar-refractivity contribution in [3.05, 3.63) is 71.8 Å². The van der Waals surface area contributed by atoms with E-state index in [4.69, 9.17) is 0 Å². The quantitative estimate of drug-likeness (QED) is 0.578. The van der Waals surface area contributed by atoms with Gasteiger partial charge < -0.3 is 14.8 Å². The molecule has 7 heteroatoms. The van der Waals surface area contributed by atoms with E-state index in [0.29, 0.717) is 25.9 Å². The fourth-order valence-electron chi connectivity index (χ4n) is 4.40. The number of anilines is 1. The van der Waals surface area contributed by atoms with Crippen molar-refractivity contribution in [1.82, 2.24) is 19.2 Å². The van der Waals surface area contributed by atoms with Gasteiger partial charge in [-0.2, -0.15) is 5.10 Å². The Morgan fingerprint density at radius 3 is 2.55 bits per heavy atom. The summed E-state index contributed by atoms with van der Waals surface area (Å²) >= 11 is 0. The van der Waals surface area contributed by atoms with Crippen LogP contribution in [0, 0.1) is 19.8 Å². The Labute approximate surface area is 194 Å². The zero-order valence-corrected chi connectivity index (χ0v) is 19.5. The third kappa shape index (κ3) is 5.08. The van der Waals surface area contributed by atoms with Gasteiger partial charge in [0.15, 0.2) is 0 Å². The molecule has 3 aromatic rings. The Bertz CT molecular complexity index is 1150. The lowest BCUT2D eigenvalue weighted by molar-refractivity contribution is -0.130. The van der Waals surface area contributed by atoms with Crippen molar-refractivity contribution < 1.29 is 9.59 Å². The number of carbonyl (C=O) groups is 2. The maximum absolute atomic E-state index is 12.8. The van der Waals surface area contributed by atoms with Crippen LogP contribution in [0.4, 0.5) is 5.69 Å². The summed E-state index contributed by atoms with van der Waals surface area (Å²) in [5.74, 6) is -0.1000. The Kier molecular flexibility index (Phi) is 6.77. The first-order valence-corrected chi connectivity index (χ1v) is 11.5. The molecule has 0 unspecified atom stereocenters. The second-order valence-electron chi connectivity index (χ2n) is 8.50. The van der Waals surface area contributed by atoms with Crippen molar-refractivity contribution in [3.63, 3.8) is 0 Å². The molecule has 4 rings (SSSR count). The molecule has 0 radical (unpaired) electrons. The van der Waals surface area contributed by atoms with Gasteiger partial charge in [-0.1, -0.05) is 18.2 Å². The number of nitrogens with zero attached hydrogens (tertiary/aromatic N) is 4. The van der Waals surface area contributed by atoms with Gasteiger partial charge in [-0.25, -0.2) is 0 Å². The lowest BCUT2D eigenvalue weighted by Crippen LogP contribution is -2.40. The third-order valence-electron chi connectivity index (χ3n) is 6.29. The molecule has 2 aromatic heterocycles. The highest BCUT2D eigenvalue weighted by Gasteiger charge is 2.27. The summed E-state index contributed by atoms with van der Waals surface area (Å²) in [6.07, 6.45) is 8.37. The van der Waals surface area contributed by atoms with Gasteiger partial charge in [-0.3, -0.25) is 14.3 Å². The monoisotopic (exact) mass is 445 g/mol. The predicted molar refractivity (Wildman–Crippen MR) is 130 cm³/mol. The predicted octanol–water partition coefficient (Wildman–Crippen LogP) is 4.20. The summed E-state index contributed by atoms with van der Waals surface area (Å²) in [6, 6.07) is 12.3. The number of likely N-dealkylation sites (tertiary alicyclic amines) is 1. The molecule has 1 aliphatic heterocycles. The summed E-state index contributed by atoms with van der Waals surface area (Å²) < 4.78 is 3.97. The molecule has 0 bridgehead atoms. The van der Waals surface area contributed by atoms with E-state index >= 15 is 0 Å². The number of aromatic nitrogens is 3. The van der Waals surface area contributed by atoms with Crippen LogP contribution in [0.15, 0.2) is 54.9 Å². The Morgan fingerprint density at radius 2 is 1.88 bits per heavy atom. The van der Waals surface area contributed by atoms with Gasteiger partial charge in [0.25, 0.3) is 0 Å². The fraction of sp³-hybridized carbons (Fsp3) is 0.346. The van der Waals surface area contributed by atoms with Gasteiger partial charge in [0, 0.05) is 54.9 Å². The molecular weight excluding hydrogens is 414 g/mol. The van der Waals surface area contributed by atoms with Crippen LogP contribution in [0.25, 0.3) is 11.8 Å². The number of piperidine rings is 1. The minimum absolute atomic E-state index is 0.00152. The molecule has 0 aliphatic carbocycles. The molecule has 1 fully saturated rings. The highest BCUT2D eigenvalue weighted by Crippen LogP contribution is 2.23. The van der Waals surface area contributed by atoms with Crippen LogP contribution in [0.3, 0.4) is 0 Å². The zero-order valence-electron chi connectivity index (χ0n) is 19.5. The lowest BCUT2D eigenvalue weighted by atomic mass is 9.95. The lowest BCUT2D eigenvalue weighted by Gasteiger charge is -2.30. The zero-order chi connectivity index (χ0) is 23.4. The van der Waals surface area contributed by atoms with E-state index in [2.05, 4.69) is 47.0 Å². The average molecular weight is 446 g/mol. The number of para-hydroxylation sites is 1. The van der Waals surface area contributed by atoms with E-state index in [9.17, 15) is 9.59 Å². The standard InChI is InChI=1S/C26H31N5O2/c1-4-30-18-23(17-27-30)28-26(33)21-12-14-29(15-13-21)25(32)11-10-22-16-19(2)31(20(22)3)24-8-6-5-7-9-24/h5-11,16-18,21H,4,12-15H2,1-3H3,(H,28,33). The van der Waals surface area contributed by atoms with Gasteiger partial charge in [-0.05, 0) is 63.5 Å². The van der Waals surface area contributed by atoms with Crippen molar-refractivity contribution in [2.45, 2.75) is 40.2 Å². The summed E-state index contributed by atoms with van der Waals surface area (Å²) in [7, 11) is 0. The third-order valence-corrected chi connectivity index (χ3v) is 6.29. The Balaban J connectivity index is 1.33. The minimum Gasteiger partial charge on any atom is -0.339 e. The van der Waals surface area contributed by atoms with E-state index in [-0.39, 0.29) is 17.7 Å². The number of rotatable bonds is 6. The molecule has 172 valence electrons. The molecule has 33 heavy (non-hydrogen) atoms. The largest absolute Gasteiger partial charge is 0.339 e. The van der Waals surface area contributed by atoms with E-state index < -0.39 is 0 Å². The summed E-state index contributed by atoms with van der Waals surface area (Å²) in [5.41, 5.74) is 5.09. The van der Waals surface area contributed by atoms with Gasteiger partial charge in [0.05, 0.1) is 11.9 Å². The molecule has 1 N–H and O–H groups in total. The van der Waals surface area contributed by atoms with Crippen molar-refractivity contribution in [2.24, 2.45) is 5.92 Å². The molecule has 1 saturated heterocycles. The minimum atomic E-state index is -0.0900. The normalized spacial score (nSPS) is 14.7. The van der Waals surface area contributed by atoms with Crippen LogP contribution in [0.2, 0.25) is 0 Å². The smallest absolute Gasteiger partial charge is 0.246 e. The molecule has 2 amide bonds. The van der Waals surface area contributed by atoms with Gasteiger partial charge in [0.1, 0.15) is 0 Å². The Hall–Kier alpha value is -3.61. The second kappa shape index (κ2) is 9.90. The van der Waals surface area contributed by atoms with E-state index in [1.807, 2.05) is 42.3 Å². The first-order valence-electron chi connectivity index (χ1n) is 11.5. The van der Waals surface area contributed by atoms with Crippen molar-refractivity contribution >= 4 is 23.6 Å². The average Bonchev–Trinajstić information content (AvgIpc) is 3.41. The van der Waals surface area contributed by atoms with Gasteiger partial charge in [-0.15, -0.1) is 0 Å². The Morgan fingerprint density at radius 1 is 1.15 bits per heavy atom. The van der Waals surface area contributed by atoms with Crippen molar-refractivity contribution in [3.8, 4) is 5.69 Å². The van der Waals surface area contributed by atoms with Crippen LogP contribution < -0.4 is 5.32 Å². The maximum atomic E-state index is 12.8. The van der Waals surface area contributed by atoms with Gasteiger partial charge in [0.2, 0.25) is 11.8 Å². The number of hydrogen-bond acceptors (Lipinski definition) is 3. The highest BCUT2D eigenvalue weighted by molar-refractivity contribution is 5.94.